The first-order valence-electron chi connectivity index (χ1n) is 7.77. The van der Waals surface area contributed by atoms with Gasteiger partial charge in [-0.05, 0) is 24.3 Å². The highest BCUT2D eigenvalue weighted by atomic mass is 35.5. The third-order valence-electron chi connectivity index (χ3n) is 4.30. The smallest absolute Gasteiger partial charge is 0.178 e. The zero-order valence-corrected chi connectivity index (χ0v) is 13.4. The van der Waals surface area contributed by atoms with Gasteiger partial charge in [0.05, 0.1) is 25.0 Å². The molecule has 2 heterocycles. The van der Waals surface area contributed by atoms with Crippen molar-refractivity contribution in [3.05, 3.63) is 53.4 Å². The van der Waals surface area contributed by atoms with Gasteiger partial charge in [0.25, 0.3) is 0 Å². The van der Waals surface area contributed by atoms with E-state index in [0.717, 1.165) is 30.6 Å². The van der Waals surface area contributed by atoms with E-state index in [1.807, 2.05) is 22.9 Å². The van der Waals surface area contributed by atoms with Crippen LogP contribution in [0.2, 0.25) is 5.15 Å². The van der Waals surface area contributed by atoms with Crippen molar-refractivity contribution in [2.45, 2.75) is 25.5 Å². The third kappa shape index (κ3) is 3.07. The predicted octanol–water partition coefficient (Wildman–Crippen LogP) is 3.65. The van der Waals surface area contributed by atoms with Crippen LogP contribution in [0, 0.1) is 5.92 Å². The van der Waals surface area contributed by atoms with E-state index in [0.29, 0.717) is 23.7 Å². The molecule has 23 heavy (non-hydrogen) atoms. The SMILES string of the molecule is Clc1cnc2cnn(C3CC(COCc4ccccc4)C3)c2n1. The van der Waals surface area contributed by atoms with Crippen LogP contribution in [0.1, 0.15) is 24.4 Å². The highest BCUT2D eigenvalue weighted by Gasteiger charge is 2.32. The quantitative estimate of drug-likeness (QED) is 0.717. The Morgan fingerprint density at radius 1 is 1.17 bits per heavy atom. The molecule has 118 valence electrons. The van der Waals surface area contributed by atoms with Crippen molar-refractivity contribution in [3.63, 3.8) is 0 Å². The van der Waals surface area contributed by atoms with Crippen molar-refractivity contribution in [1.29, 1.82) is 0 Å². The Morgan fingerprint density at radius 3 is 2.83 bits per heavy atom. The van der Waals surface area contributed by atoms with Crippen LogP contribution in [0.5, 0.6) is 0 Å². The molecule has 3 aromatic rings. The molecule has 0 aliphatic heterocycles. The van der Waals surface area contributed by atoms with Gasteiger partial charge in [0.15, 0.2) is 5.65 Å². The van der Waals surface area contributed by atoms with Gasteiger partial charge in [0, 0.05) is 6.61 Å². The monoisotopic (exact) mass is 328 g/mol. The maximum atomic E-state index is 5.93. The third-order valence-corrected chi connectivity index (χ3v) is 4.48. The zero-order chi connectivity index (χ0) is 15.6. The molecule has 1 aromatic carbocycles. The summed E-state index contributed by atoms with van der Waals surface area (Å²) in [6.45, 7) is 1.46. The van der Waals surface area contributed by atoms with Crippen LogP contribution in [0.3, 0.4) is 0 Å². The Kier molecular flexibility index (Phi) is 3.97. The summed E-state index contributed by atoms with van der Waals surface area (Å²) < 4.78 is 7.76. The molecule has 0 N–H and O–H groups in total. The van der Waals surface area contributed by atoms with Crippen molar-refractivity contribution in [3.8, 4) is 0 Å². The van der Waals surface area contributed by atoms with Gasteiger partial charge in [0.1, 0.15) is 10.7 Å². The van der Waals surface area contributed by atoms with Crippen molar-refractivity contribution in [2.24, 2.45) is 5.92 Å². The van der Waals surface area contributed by atoms with Crippen LogP contribution in [-0.2, 0) is 11.3 Å². The van der Waals surface area contributed by atoms with Gasteiger partial charge in [-0.3, -0.25) is 0 Å². The van der Waals surface area contributed by atoms with Gasteiger partial charge in [-0.2, -0.15) is 5.10 Å². The summed E-state index contributed by atoms with van der Waals surface area (Å²) in [5.41, 5.74) is 2.77. The fraction of sp³-hybridized carbons (Fsp3) is 0.353. The molecule has 1 saturated carbocycles. The van der Waals surface area contributed by atoms with Crippen LogP contribution in [0.4, 0.5) is 0 Å². The summed E-state index contributed by atoms with van der Waals surface area (Å²) in [6.07, 6.45) is 5.41. The Labute approximate surface area is 139 Å². The highest BCUT2D eigenvalue weighted by Crippen LogP contribution is 2.38. The average molecular weight is 329 g/mol. The molecule has 0 amide bonds. The van der Waals surface area contributed by atoms with Gasteiger partial charge in [-0.25, -0.2) is 14.6 Å². The number of fused-ring (bicyclic) bond motifs is 1. The molecule has 1 aliphatic rings. The van der Waals surface area contributed by atoms with Crippen LogP contribution in [0.15, 0.2) is 42.7 Å². The fourth-order valence-corrected chi connectivity index (χ4v) is 3.15. The second kappa shape index (κ2) is 6.26. The number of halogens is 1. The molecular weight excluding hydrogens is 312 g/mol. The molecule has 1 aliphatic carbocycles. The molecule has 0 saturated heterocycles. The minimum absolute atomic E-state index is 0.366. The number of nitrogens with zero attached hydrogens (tertiary/aromatic N) is 4. The van der Waals surface area contributed by atoms with E-state index >= 15 is 0 Å². The van der Waals surface area contributed by atoms with Crippen molar-refractivity contribution < 1.29 is 4.74 Å². The standard InChI is InChI=1S/C17H17ClN4O/c18-16-9-19-15-8-20-22(17(15)21-16)14-6-13(7-14)11-23-10-12-4-2-1-3-5-12/h1-5,8-9,13-14H,6-7,10-11H2. The second-order valence-corrected chi connectivity index (χ2v) is 6.37. The molecule has 0 atom stereocenters. The summed E-state index contributed by atoms with van der Waals surface area (Å²) in [7, 11) is 0. The minimum atomic E-state index is 0.366. The minimum Gasteiger partial charge on any atom is -0.376 e. The van der Waals surface area contributed by atoms with Crippen LogP contribution in [-0.4, -0.2) is 26.4 Å². The van der Waals surface area contributed by atoms with E-state index in [9.17, 15) is 0 Å². The Balaban J connectivity index is 1.31. The first-order chi connectivity index (χ1) is 11.3. The molecule has 0 radical (unpaired) electrons. The van der Waals surface area contributed by atoms with E-state index in [1.54, 1.807) is 12.4 Å². The van der Waals surface area contributed by atoms with Gasteiger partial charge in [-0.15, -0.1) is 0 Å². The molecule has 6 heteroatoms. The highest BCUT2D eigenvalue weighted by molar-refractivity contribution is 6.29. The maximum Gasteiger partial charge on any atom is 0.178 e. The summed E-state index contributed by atoms with van der Waals surface area (Å²) in [5.74, 6) is 0.579. The van der Waals surface area contributed by atoms with Crippen LogP contribution >= 0.6 is 11.6 Å². The maximum absolute atomic E-state index is 5.93. The largest absolute Gasteiger partial charge is 0.376 e. The fourth-order valence-electron chi connectivity index (χ4n) is 3.02. The number of rotatable bonds is 5. The van der Waals surface area contributed by atoms with Crippen molar-refractivity contribution >= 4 is 22.8 Å². The normalized spacial score (nSPS) is 20.6. The average Bonchev–Trinajstić information content (AvgIpc) is 2.93. The van der Waals surface area contributed by atoms with Gasteiger partial charge in [0.2, 0.25) is 0 Å². The number of hydrogen-bond donors (Lipinski definition) is 0. The number of ether oxygens (including phenoxy) is 1. The molecule has 0 bridgehead atoms. The number of aromatic nitrogens is 4. The topological polar surface area (TPSA) is 52.8 Å². The van der Waals surface area contributed by atoms with E-state index in [4.69, 9.17) is 16.3 Å². The molecule has 5 nitrogen and oxygen atoms in total. The summed E-state index contributed by atoms with van der Waals surface area (Å²) >= 11 is 5.93. The Hall–Kier alpha value is -1.98. The molecule has 2 aromatic heterocycles. The van der Waals surface area contributed by atoms with E-state index in [-0.39, 0.29) is 0 Å². The lowest BCUT2D eigenvalue weighted by Crippen LogP contribution is -2.30. The Morgan fingerprint density at radius 2 is 2.00 bits per heavy atom. The van der Waals surface area contributed by atoms with Crippen LogP contribution < -0.4 is 0 Å². The van der Waals surface area contributed by atoms with Crippen molar-refractivity contribution in [2.75, 3.05) is 6.61 Å². The van der Waals surface area contributed by atoms with Gasteiger partial charge < -0.3 is 4.74 Å². The molecule has 0 spiro atoms. The lowest BCUT2D eigenvalue weighted by atomic mass is 9.81. The Bertz CT molecular complexity index is 799. The summed E-state index contributed by atoms with van der Waals surface area (Å²) in [4.78, 5) is 8.58. The lowest BCUT2D eigenvalue weighted by Gasteiger charge is -2.35. The zero-order valence-electron chi connectivity index (χ0n) is 12.6. The number of benzene rings is 1. The first-order valence-corrected chi connectivity index (χ1v) is 8.15. The van der Waals surface area contributed by atoms with Gasteiger partial charge >= 0.3 is 0 Å². The lowest BCUT2D eigenvalue weighted by molar-refractivity contribution is 0.0359. The molecule has 1 fully saturated rings. The van der Waals surface area contributed by atoms with Crippen molar-refractivity contribution in [1.82, 2.24) is 19.7 Å². The van der Waals surface area contributed by atoms with Gasteiger partial charge in [-0.1, -0.05) is 41.9 Å². The van der Waals surface area contributed by atoms with E-state index in [2.05, 4.69) is 27.2 Å². The molecule has 4 rings (SSSR count). The summed E-state index contributed by atoms with van der Waals surface area (Å²) in [5, 5.41) is 4.82. The second-order valence-electron chi connectivity index (χ2n) is 5.98. The molecule has 0 unspecified atom stereocenters. The summed E-state index contributed by atoms with van der Waals surface area (Å²) in [6, 6.07) is 10.6. The molecular formula is C17H17ClN4O. The first kappa shape index (κ1) is 14.6. The van der Waals surface area contributed by atoms with E-state index < -0.39 is 0 Å². The van der Waals surface area contributed by atoms with E-state index in [1.165, 1.54) is 5.56 Å². The van der Waals surface area contributed by atoms with Crippen LogP contribution in [0.25, 0.3) is 11.2 Å². The predicted molar refractivity (Wildman–Crippen MR) is 88.2 cm³/mol. The number of hydrogen-bond acceptors (Lipinski definition) is 4.